The molecule has 0 saturated carbocycles. The molecule has 0 aromatic heterocycles. The van der Waals surface area contributed by atoms with Crippen molar-refractivity contribution in [1.82, 2.24) is 4.90 Å². The highest BCUT2D eigenvalue weighted by atomic mass is 79.9. The van der Waals surface area contributed by atoms with E-state index in [1.165, 1.54) is 25.9 Å². The van der Waals surface area contributed by atoms with E-state index in [0.717, 1.165) is 28.9 Å². The topological polar surface area (TPSA) is 38.5 Å². The fourth-order valence-corrected chi connectivity index (χ4v) is 2.98. The maximum atomic E-state index is 5.87. The number of ether oxygens (including phenoxy) is 1. The molecule has 1 aromatic carbocycles. The summed E-state index contributed by atoms with van der Waals surface area (Å²) in [6.07, 6.45) is 2.66. The first-order valence-corrected chi connectivity index (χ1v) is 7.36. The van der Waals surface area contributed by atoms with E-state index in [9.17, 15) is 0 Å². The van der Waals surface area contributed by atoms with Crippen molar-refractivity contribution in [1.29, 1.82) is 0 Å². The van der Waals surface area contributed by atoms with Gasteiger partial charge in [-0.1, -0.05) is 22.0 Å². The fraction of sp³-hybridized carbons (Fsp3) is 0.571. The van der Waals surface area contributed by atoms with Gasteiger partial charge in [0.15, 0.2) is 0 Å². The first-order valence-electron chi connectivity index (χ1n) is 6.57. The molecular weight excluding hydrogens is 292 g/mol. The maximum Gasteiger partial charge on any atom is 0.120 e. The van der Waals surface area contributed by atoms with Crippen molar-refractivity contribution in [3.63, 3.8) is 0 Å². The third kappa shape index (κ3) is 3.70. The highest BCUT2D eigenvalue weighted by Crippen LogP contribution is 2.26. The molecule has 4 heteroatoms. The average molecular weight is 313 g/mol. The molecule has 1 aliphatic rings. The number of likely N-dealkylation sites (tertiary alicyclic amines) is 1. The second kappa shape index (κ2) is 6.55. The van der Waals surface area contributed by atoms with Crippen LogP contribution < -0.4 is 10.5 Å². The van der Waals surface area contributed by atoms with Gasteiger partial charge in [-0.3, -0.25) is 4.90 Å². The van der Waals surface area contributed by atoms with Crippen molar-refractivity contribution in [2.75, 3.05) is 26.2 Å². The van der Waals surface area contributed by atoms with Crippen LogP contribution in [0.15, 0.2) is 22.7 Å². The molecule has 2 N–H and O–H groups in total. The smallest absolute Gasteiger partial charge is 0.120 e. The lowest BCUT2D eigenvalue weighted by atomic mass is 10.1. The maximum absolute atomic E-state index is 5.87. The normalized spacial score (nSPS) is 17.9. The van der Waals surface area contributed by atoms with Crippen molar-refractivity contribution in [2.45, 2.75) is 25.8 Å². The van der Waals surface area contributed by atoms with E-state index in [1.807, 2.05) is 25.1 Å². The molecule has 18 heavy (non-hydrogen) atoms. The number of halogens is 1. The van der Waals surface area contributed by atoms with Crippen LogP contribution in [-0.4, -0.2) is 31.1 Å². The Bertz CT molecular complexity index is 389. The number of nitrogens with zero attached hydrogens (tertiary/aromatic N) is 1. The van der Waals surface area contributed by atoms with E-state index >= 15 is 0 Å². The molecule has 0 radical (unpaired) electrons. The van der Waals surface area contributed by atoms with Gasteiger partial charge in [-0.05, 0) is 50.6 Å². The first-order chi connectivity index (χ1) is 8.66. The Morgan fingerprint density at radius 2 is 2.11 bits per heavy atom. The average Bonchev–Trinajstić information content (AvgIpc) is 2.81. The molecule has 1 aliphatic heterocycles. The molecular formula is C14H21BrN2O. The fourth-order valence-electron chi connectivity index (χ4n) is 2.27. The molecule has 0 aliphatic carbocycles. The zero-order valence-electron chi connectivity index (χ0n) is 10.9. The SMILES string of the molecule is C[C@@H](N)c1ccc(OCCN2CCCC2)cc1Br. The Labute approximate surface area is 117 Å². The van der Waals surface area contributed by atoms with Gasteiger partial charge in [0.25, 0.3) is 0 Å². The van der Waals surface area contributed by atoms with Crippen LogP contribution in [0.25, 0.3) is 0 Å². The quantitative estimate of drug-likeness (QED) is 0.908. The van der Waals surface area contributed by atoms with Crippen LogP contribution in [0.3, 0.4) is 0 Å². The summed E-state index contributed by atoms with van der Waals surface area (Å²) >= 11 is 3.54. The van der Waals surface area contributed by atoms with Gasteiger partial charge in [0.1, 0.15) is 12.4 Å². The van der Waals surface area contributed by atoms with Gasteiger partial charge in [-0.2, -0.15) is 0 Å². The van der Waals surface area contributed by atoms with Crippen LogP contribution in [0.5, 0.6) is 5.75 Å². The summed E-state index contributed by atoms with van der Waals surface area (Å²) in [4.78, 5) is 2.45. The number of rotatable bonds is 5. The van der Waals surface area contributed by atoms with Crippen LogP contribution >= 0.6 is 15.9 Å². The largest absolute Gasteiger partial charge is 0.492 e. The second-order valence-corrected chi connectivity index (χ2v) is 5.72. The summed E-state index contributed by atoms with van der Waals surface area (Å²) in [5.74, 6) is 0.908. The number of hydrogen-bond acceptors (Lipinski definition) is 3. The molecule has 3 nitrogen and oxygen atoms in total. The molecule has 1 saturated heterocycles. The molecule has 0 unspecified atom stereocenters. The van der Waals surface area contributed by atoms with Crippen molar-refractivity contribution < 1.29 is 4.74 Å². The van der Waals surface area contributed by atoms with Crippen LogP contribution in [0.4, 0.5) is 0 Å². The van der Waals surface area contributed by atoms with E-state index in [2.05, 4.69) is 20.8 Å². The van der Waals surface area contributed by atoms with Crippen LogP contribution in [0.2, 0.25) is 0 Å². The van der Waals surface area contributed by atoms with Gasteiger partial charge in [-0.15, -0.1) is 0 Å². The minimum Gasteiger partial charge on any atom is -0.492 e. The van der Waals surface area contributed by atoms with Crippen LogP contribution in [0, 0.1) is 0 Å². The third-order valence-corrected chi connectivity index (χ3v) is 4.02. The highest BCUT2D eigenvalue weighted by molar-refractivity contribution is 9.10. The van der Waals surface area contributed by atoms with Crippen molar-refractivity contribution in [2.24, 2.45) is 5.73 Å². The molecule has 2 rings (SSSR count). The molecule has 1 atom stereocenters. The molecule has 0 amide bonds. The summed E-state index contributed by atoms with van der Waals surface area (Å²) in [6.45, 7) is 6.19. The Morgan fingerprint density at radius 1 is 1.39 bits per heavy atom. The van der Waals surface area contributed by atoms with E-state index in [4.69, 9.17) is 10.5 Å². The summed E-state index contributed by atoms with van der Waals surface area (Å²) < 4.78 is 6.80. The Morgan fingerprint density at radius 3 is 2.72 bits per heavy atom. The van der Waals surface area contributed by atoms with Gasteiger partial charge in [0.2, 0.25) is 0 Å². The third-order valence-electron chi connectivity index (χ3n) is 3.34. The molecule has 0 spiro atoms. The van der Waals surface area contributed by atoms with Crippen molar-refractivity contribution >= 4 is 15.9 Å². The minimum atomic E-state index is 0.0398. The molecule has 1 heterocycles. The Balaban J connectivity index is 1.84. The highest BCUT2D eigenvalue weighted by Gasteiger charge is 2.11. The number of benzene rings is 1. The molecule has 0 bridgehead atoms. The monoisotopic (exact) mass is 312 g/mol. The van der Waals surface area contributed by atoms with Gasteiger partial charge in [0.05, 0.1) is 0 Å². The van der Waals surface area contributed by atoms with Crippen molar-refractivity contribution in [3.8, 4) is 5.75 Å². The summed E-state index contributed by atoms with van der Waals surface area (Å²) in [6, 6.07) is 6.06. The second-order valence-electron chi connectivity index (χ2n) is 4.87. The van der Waals surface area contributed by atoms with E-state index in [0.29, 0.717) is 0 Å². The first kappa shape index (κ1) is 13.8. The zero-order chi connectivity index (χ0) is 13.0. The van der Waals surface area contributed by atoms with Gasteiger partial charge >= 0.3 is 0 Å². The van der Waals surface area contributed by atoms with Gasteiger partial charge < -0.3 is 10.5 Å². The zero-order valence-corrected chi connectivity index (χ0v) is 12.4. The molecule has 1 fully saturated rings. The number of hydrogen-bond donors (Lipinski definition) is 1. The lowest BCUT2D eigenvalue weighted by Gasteiger charge is -2.16. The summed E-state index contributed by atoms with van der Waals surface area (Å²) in [5, 5.41) is 0. The molecule has 1 aromatic rings. The summed E-state index contributed by atoms with van der Waals surface area (Å²) in [7, 11) is 0. The van der Waals surface area contributed by atoms with Crippen LogP contribution in [-0.2, 0) is 0 Å². The molecule has 100 valence electrons. The minimum absolute atomic E-state index is 0.0398. The van der Waals surface area contributed by atoms with Gasteiger partial charge in [0, 0.05) is 17.1 Å². The van der Waals surface area contributed by atoms with E-state index in [1.54, 1.807) is 0 Å². The predicted molar refractivity (Wildman–Crippen MR) is 77.9 cm³/mol. The standard InChI is InChI=1S/C14H21BrN2O/c1-11(16)13-5-4-12(10-14(13)15)18-9-8-17-6-2-3-7-17/h4-5,10-11H,2-3,6-9,16H2,1H3/t11-/m1/s1. The Kier molecular flexibility index (Phi) is 5.03. The lowest BCUT2D eigenvalue weighted by Crippen LogP contribution is -2.25. The van der Waals surface area contributed by atoms with E-state index < -0.39 is 0 Å². The van der Waals surface area contributed by atoms with Gasteiger partial charge in [-0.25, -0.2) is 0 Å². The summed E-state index contributed by atoms with van der Waals surface area (Å²) in [5.41, 5.74) is 6.98. The Hall–Kier alpha value is -0.580. The van der Waals surface area contributed by atoms with Crippen molar-refractivity contribution in [3.05, 3.63) is 28.2 Å². The van der Waals surface area contributed by atoms with Crippen LogP contribution in [0.1, 0.15) is 31.4 Å². The van der Waals surface area contributed by atoms with E-state index in [-0.39, 0.29) is 6.04 Å². The predicted octanol–water partition coefficient (Wildman–Crippen LogP) is 2.94. The lowest BCUT2D eigenvalue weighted by molar-refractivity contribution is 0.237. The number of nitrogens with two attached hydrogens (primary N) is 1.